The summed E-state index contributed by atoms with van der Waals surface area (Å²) in [6.45, 7) is 9.41. The normalized spacial score (nSPS) is 12.7. The molecule has 0 spiro atoms. The lowest BCUT2D eigenvalue weighted by atomic mass is 10.1. The van der Waals surface area contributed by atoms with Crippen LogP contribution in [0, 0.1) is 5.92 Å². The van der Waals surface area contributed by atoms with Crippen molar-refractivity contribution in [3.05, 3.63) is 33.3 Å². The van der Waals surface area contributed by atoms with Gasteiger partial charge >= 0.3 is 0 Å². The lowest BCUT2D eigenvalue weighted by Gasteiger charge is -2.23. The number of halogens is 2. The summed E-state index contributed by atoms with van der Waals surface area (Å²) in [4.78, 5) is 14.6. The Morgan fingerprint density at radius 3 is 2.65 bits per heavy atom. The zero-order valence-electron chi connectivity index (χ0n) is 12.5. The number of hydrogen-bond donors (Lipinski definition) is 0. The maximum atomic E-state index is 12.2. The lowest BCUT2D eigenvalue weighted by molar-refractivity contribution is 0.0961. The molecule has 0 N–H and O–H groups in total. The molecule has 0 fully saturated rings. The molecular formula is C16H23BrClNO. The Hall–Kier alpha value is -0.380. The summed E-state index contributed by atoms with van der Waals surface area (Å²) in [5.41, 5.74) is 0.620. The highest BCUT2D eigenvalue weighted by Crippen LogP contribution is 2.22. The summed E-state index contributed by atoms with van der Waals surface area (Å²) < 4.78 is 0.894. The van der Waals surface area contributed by atoms with Gasteiger partial charge in [0.25, 0.3) is 0 Å². The predicted octanol–water partition coefficient (Wildman–Crippen LogP) is 5.04. The molecule has 0 heterocycles. The van der Waals surface area contributed by atoms with Crippen molar-refractivity contribution < 1.29 is 4.79 Å². The number of Topliss-reactive ketones (excluding diaryl/α,β-unsaturated/α-hetero) is 1. The Morgan fingerprint density at radius 2 is 2.10 bits per heavy atom. The molecule has 0 amide bonds. The molecule has 0 aliphatic carbocycles. The summed E-state index contributed by atoms with van der Waals surface area (Å²) in [5.74, 6) is 0.784. The van der Waals surface area contributed by atoms with Crippen LogP contribution < -0.4 is 0 Å². The Bertz CT molecular complexity index is 450. The highest BCUT2D eigenvalue weighted by Gasteiger charge is 2.13. The van der Waals surface area contributed by atoms with Gasteiger partial charge in [-0.3, -0.25) is 4.79 Å². The van der Waals surface area contributed by atoms with Crippen molar-refractivity contribution in [2.24, 2.45) is 5.92 Å². The molecule has 0 bridgehead atoms. The van der Waals surface area contributed by atoms with Gasteiger partial charge in [0, 0.05) is 29.5 Å². The van der Waals surface area contributed by atoms with Crippen LogP contribution in [0.25, 0.3) is 0 Å². The molecule has 0 radical (unpaired) electrons. The van der Waals surface area contributed by atoms with E-state index < -0.39 is 0 Å². The van der Waals surface area contributed by atoms with Crippen LogP contribution in [0.1, 0.15) is 44.0 Å². The van der Waals surface area contributed by atoms with Gasteiger partial charge in [0.1, 0.15) is 0 Å². The quantitative estimate of drug-likeness (QED) is 0.605. The first-order valence-electron chi connectivity index (χ1n) is 7.18. The van der Waals surface area contributed by atoms with Gasteiger partial charge in [-0.25, -0.2) is 0 Å². The topological polar surface area (TPSA) is 20.3 Å². The number of rotatable bonds is 8. The summed E-state index contributed by atoms with van der Waals surface area (Å²) in [7, 11) is 0. The minimum Gasteiger partial charge on any atom is -0.303 e. The molecule has 20 heavy (non-hydrogen) atoms. The van der Waals surface area contributed by atoms with E-state index in [0.29, 0.717) is 22.9 Å². The van der Waals surface area contributed by atoms with Crippen molar-refractivity contribution in [2.45, 2.75) is 33.6 Å². The first kappa shape index (κ1) is 17.7. The third kappa shape index (κ3) is 5.55. The Balaban J connectivity index is 2.57. The highest BCUT2D eigenvalue weighted by atomic mass is 79.9. The second kappa shape index (κ2) is 8.81. The minimum atomic E-state index is 0.116. The van der Waals surface area contributed by atoms with Gasteiger partial charge < -0.3 is 4.90 Å². The number of nitrogens with zero attached hydrogens (tertiary/aromatic N) is 1. The fraction of sp³-hybridized carbons (Fsp3) is 0.562. The second-order valence-electron chi connectivity index (χ2n) is 5.20. The van der Waals surface area contributed by atoms with Crippen LogP contribution in [0.15, 0.2) is 22.7 Å². The molecule has 0 saturated heterocycles. The molecule has 1 unspecified atom stereocenters. The predicted molar refractivity (Wildman–Crippen MR) is 89.7 cm³/mol. The van der Waals surface area contributed by atoms with Gasteiger partial charge in [0.15, 0.2) is 5.78 Å². The molecule has 0 aliphatic rings. The van der Waals surface area contributed by atoms with E-state index in [4.69, 9.17) is 11.6 Å². The molecule has 1 rings (SSSR count). The van der Waals surface area contributed by atoms with Crippen molar-refractivity contribution in [1.82, 2.24) is 4.90 Å². The molecule has 1 atom stereocenters. The third-order valence-electron chi connectivity index (χ3n) is 3.60. The molecule has 1 aromatic rings. The Labute approximate surface area is 135 Å². The van der Waals surface area contributed by atoms with E-state index in [1.165, 1.54) is 6.42 Å². The molecule has 1 aromatic carbocycles. The van der Waals surface area contributed by atoms with Gasteiger partial charge in [-0.15, -0.1) is 0 Å². The van der Waals surface area contributed by atoms with Crippen molar-refractivity contribution in [1.29, 1.82) is 0 Å². The van der Waals surface area contributed by atoms with Crippen LogP contribution >= 0.6 is 27.5 Å². The third-order valence-corrected chi connectivity index (χ3v) is 4.41. The van der Waals surface area contributed by atoms with E-state index in [0.717, 1.165) is 24.1 Å². The zero-order chi connectivity index (χ0) is 15.1. The molecule has 0 aromatic heterocycles. The average molecular weight is 361 g/mol. The van der Waals surface area contributed by atoms with E-state index in [1.807, 2.05) is 6.07 Å². The number of carbonyl (C=O) groups is 1. The van der Waals surface area contributed by atoms with Gasteiger partial charge in [0.2, 0.25) is 0 Å². The molecule has 0 saturated carbocycles. The van der Waals surface area contributed by atoms with Crippen LogP contribution in [-0.2, 0) is 0 Å². The van der Waals surface area contributed by atoms with E-state index >= 15 is 0 Å². The van der Waals surface area contributed by atoms with E-state index in [9.17, 15) is 4.79 Å². The average Bonchev–Trinajstić information content (AvgIpc) is 2.42. The molecule has 2 nitrogen and oxygen atoms in total. The first-order valence-corrected chi connectivity index (χ1v) is 8.35. The summed E-state index contributed by atoms with van der Waals surface area (Å²) in [6, 6.07) is 5.42. The largest absolute Gasteiger partial charge is 0.303 e. The van der Waals surface area contributed by atoms with Crippen molar-refractivity contribution >= 4 is 33.3 Å². The summed E-state index contributed by atoms with van der Waals surface area (Å²) in [6.07, 6.45) is 1.69. The smallest absolute Gasteiger partial charge is 0.165 e. The number of hydrogen-bond acceptors (Lipinski definition) is 2. The van der Waals surface area contributed by atoms with E-state index in [2.05, 4.69) is 41.6 Å². The van der Waals surface area contributed by atoms with Crippen LogP contribution in [0.2, 0.25) is 5.02 Å². The van der Waals surface area contributed by atoms with Crippen LogP contribution in [0.3, 0.4) is 0 Å². The molecule has 112 valence electrons. The van der Waals surface area contributed by atoms with E-state index in [1.54, 1.807) is 12.1 Å². The standard InChI is InChI=1S/C16H23BrClNO/c1-4-12(3)11-19(5-2)9-8-16(20)14-7-6-13(17)10-15(14)18/h6-7,10,12H,4-5,8-9,11H2,1-3H3. The number of carbonyl (C=O) groups excluding carboxylic acids is 1. The van der Waals surface area contributed by atoms with Gasteiger partial charge in [-0.2, -0.15) is 0 Å². The van der Waals surface area contributed by atoms with Crippen LogP contribution in [-0.4, -0.2) is 30.3 Å². The van der Waals surface area contributed by atoms with Crippen LogP contribution in [0.5, 0.6) is 0 Å². The monoisotopic (exact) mass is 359 g/mol. The number of ketones is 1. The highest BCUT2D eigenvalue weighted by molar-refractivity contribution is 9.10. The molecule has 4 heteroatoms. The van der Waals surface area contributed by atoms with Crippen LogP contribution in [0.4, 0.5) is 0 Å². The maximum Gasteiger partial charge on any atom is 0.165 e. The Kier molecular flexibility index (Phi) is 7.78. The molecular weight excluding hydrogens is 338 g/mol. The zero-order valence-corrected chi connectivity index (χ0v) is 14.8. The second-order valence-corrected chi connectivity index (χ2v) is 6.53. The SMILES string of the molecule is CCC(C)CN(CC)CCC(=O)c1ccc(Br)cc1Cl. The van der Waals surface area contributed by atoms with E-state index in [-0.39, 0.29) is 5.78 Å². The van der Waals surface area contributed by atoms with Crippen molar-refractivity contribution in [3.63, 3.8) is 0 Å². The molecule has 0 aliphatic heterocycles. The van der Waals surface area contributed by atoms with Crippen molar-refractivity contribution in [3.8, 4) is 0 Å². The maximum absolute atomic E-state index is 12.2. The summed E-state index contributed by atoms with van der Waals surface area (Å²) in [5, 5.41) is 0.523. The fourth-order valence-corrected chi connectivity index (χ4v) is 2.84. The van der Waals surface area contributed by atoms with Gasteiger partial charge in [-0.1, -0.05) is 54.7 Å². The lowest BCUT2D eigenvalue weighted by Crippen LogP contribution is -2.30. The van der Waals surface area contributed by atoms with Gasteiger partial charge in [0.05, 0.1) is 5.02 Å². The number of benzene rings is 1. The Morgan fingerprint density at radius 1 is 1.40 bits per heavy atom. The summed E-state index contributed by atoms with van der Waals surface area (Å²) >= 11 is 9.47. The first-order chi connectivity index (χ1) is 9.47. The minimum absolute atomic E-state index is 0.116. The fourth-order valence-electron chi connectivity index (χ4n) is 2.06. The van der Waals surface area contributed by atoms with Gasteiger partial charge in [-0.05, 0) is 30.7 Å². The van der Waals surface area contributed by atoms with Crippen molar-refractivity contribution in [2.75, 3.05) is 19.6 Å².